The van der Waals surface area contributed by atoms with Crippen molar-refractivity contribution in [3.05, 3.63) is 52.2 Å². The third kappa shape index (κ3) is 6.98. The molecule has 3 rings (SSSR count). The lowest BCUT2D eigenvalue weighted by Crippen LogP contribution is -2.51. The van der Waals surface area contributed by atoms with Crippen LogP contribution in [0, 0.1) is 12.8 Å². The molecule has 0 aliphatic carbocycles. The molecule has 35 heavy (non-hydrogen) atoms. The Morgan fingerprint density at radius 3 is 2.63 bits per heavy atom. The molecule has 190 valence electrons. The molecule has 8 nitrogen and oxygen atoms in total. The Kier molecular flexibility index (Phi) is 8.11. The van der Waals surface area contributed by atoms with Crippen molar-refractivity contribution in [2.24, 2.45) is 11.7 Å². The normalized spacial score (nSPS) is 19.4. The largest absolute Gasteiger partial charge is 0.573 e. The van der Waals surface area contributed by atoms with Crippen LogP contribution >= 0.6 is 11.6 Å². The number of primary amides is 1. The lowest BCUT2D eigenvalue weighted by atomic mass is 9.96. The number of ether oxygens (including phenoxy) is 1. The van der Waals surface area contributed by atoms with Crippen LogP contribution in [-0.2, 0) is 22.6 Å². The topological polar surface area (TPSA) is 124 Å². The van der Waals surface area contributed by atoms with Crippen molar-refractivity contribution in [1.82, 2.24) is 15.2 Å². The number of anilines is 1. The van der Waals surface area contributed by atoms with E-state index in [0.717, 1.165) is 11.6 Å². The van der Waals surface area contributed by atoms with E-state index in [-0.39, 0.29) is 23.4 Å². The summed E-state index contributed by atoms with van der Waals surface area (Å²) in [5, 5.41) is 2.69. The lowest BCUT2D eigenvalue weighted by Gasteiger charge is -2.28. The minimum absolute atomic E-state index is 0.0586. The molecule has 1 aromatic heterocycles. The van der Waals surface area contributed by atoms with Crippen molar-refractivity contribution in [1.29, 1.82) is 0 Å². The molecule has 1 aliphatic rings. The predicted molar refractivity (Wildman–Crippen MR) is 124 cm³/mol. The predicted octanol–water partition coefficient (Wildman–Crippen LogP) is 2.95. The summed E-state index contributed by atoms with van der Waals surface area (Å²) in [6, 6.07) is 6.22. The average molecular weight is 514 g/mol. The summed E-state index contributed by atoms with van der Waals surface area (Å²) in [4.78, 5) is 30.9. The Balaban J connectivity index is 1.64. The number of amides is 2. The molecule has 0 saturated carbocycles. The Bertz CT molecular complexity index is 1100. The van der Waals surface area contributed by atoms with E-state index in [9.17, 15) is 22.8 Å². The summed E-state index contributed by atoms with van der Waals surface area (Å²) >= 11 is 5.95. The number of aromatic nitrogens is 1. The van der Waals surface area contributed by atoms with Gasteiger partial charge < -0.3 is 21.5 Å². The van der Waals surface area contributed by atoms with E-state index in [1.54, 1.807) is 30.9 Å². The fourth-order valence-electron chi connectivity index (χ4n) is 4.30. The number of nitrogen functional groups attached to an aromatic ring is 1. The van der Waals surface area contributed by atoms with Gasteiger partial charge in [0.2, 0.25) is 11.8 Å². The summed E-state index contributed by atoms with van der Waals surface area (Å²) in [6.07, 6.45) is -3.99. The molecule has 2 aromatic rings. The van der Waals surface area contributed by atoms with E-state index in [0.29, 0.717) is 36.5 Å². The number of hydrogen-bond acceptors (Lipinski definition) is 6. The molecule has 1 fully saturated rings. The van der Waals surface area contributed by atoms with Gasteiger partial charge >= 0.3 is 6.36 Å². The fraction of sp³-hybridized carbons (Fsp3) is 0.435. The molecule has 1 aliphatic heterocycles. The smallest absolute Gasteiger partial charge is 0.404 e. The molecule has 0 bridgehead atoms. The second-order valence-corrected chi connectivity index (χ2v) is 9.02. The van der Waals surface area contributed by atoms with Crippen LogP contribution in [0.3, 0.4) is 0 Å². The number of nitrogens with one attached hydrogen (secondary N) is 1. The molecule has 1 saturated heterocycles. The Labute approximate surface area is 205 Å². The third-order valence-electron chi connectivity index (χ3n) is 6.05. The van der Waals surface area contributed by atoms with E-state index in [4.69, 9.17) is 23.1 Å². The number of halogens is 4. The number of likely N-dealkylation sites (tertiary alicyclic amines) is 1. The van der Waals surface area contributed by atoms with E-state index < -0.39 is 30.1 Å². The van der Waals surface area contributed by atoms with Crippen LogP contribution in [0.4, 0.5) is 19.0 Å². The van der Waals surface area contributed by atoms with Gasteiger partial charge in [-0.25, -0.2) is 4.98 Å². The van der Waals surface area contributed by atoms with Crippen molar-refractivity contribution in [3.8, 4) is 5.75 Å². The van der Waals surface area contributed by atoms with Gasteiger partial charge in [-0.3, -0.25) is 14.5 Å². The number of rotatable bonds is 8. The van der Waals surface area contributed by atoms with Gasteiger partial charge in [0.25, 0.3) is 0 Å². The highest BCUT2D eigenvalue weighted by atomic mass is 35.5. The van der Waals surface area contributed by atoms with E-state index in [1.165, 1.54) is 12.1 Å². The summed E-state index contributed by atoms with van der Waals surface area (Å²) in [5.41, 5.74) is 13.5. The van der Waals surface area contributed by atoms with Crippen molar-refractivity contribution in [2.75, 3.05) is 12.3 Å². The first-order valence-electron chi connectivity index (χ1n) is 10.9. The van der Waals surface area contributed by atoms with E-state index in [2.05, 4.69) is 15.0 Å². The first-order chi connectivity index (χ1) is 16.3. The van der Waals surface area contributed by atoms with Crippen molar-refractivity contribution < 1.29 is 27.5 Å². The van der Waals surface area contributed by atoms with E-state index in [1.807, 2.05) is 0 Å². The first-order valence-corrected chi connectivity index (χ1v) is 11.3. The molecule has 1 aromatic carbocycles. The van der Waals surface area contributed by atoms with Gasteiger partial charge in [-0.2, -0.15) is 0 Å². The van der Waals surface area contributed by atoms with Crippen LogP contribution in [0.25, 0.3) is 0 Å². The molecule has 0 spiro atoms. The maximum Gasteiger partial charge on any atom is 0.573 e. The Morgan fingerprint density at radius 2 is 2.03 bits per heavy atom. The summed E-state index contributed by atoms with van der Waals surface area (Å²) in [5.74, 6) is -0.968. The standard InChI is InChI=1S/C23H27ClF3N5O3/c1-12-16(4-6-20(28)31-12)10-30-22(34)13(2)32-11-15(9-18(32)21(29)33)7-14-3-5-19(17(24)8-14)35-23(25,26)27/h3-6,8,13,15,18H,7,9-11H2,1-2H3,(H2,28,31)(H2,29,33)(H,30,34)/t13-,15?,18?/m0/s1. The van der Waals surface area contributed by atoms with Gasteiger partial charge in [-0.1, -0.05) is 23.7 Å². The zero-order valence-electron chi connectivity index (χ0n) is 19.2. The van der Waals surface area contributed by atoms with E-state index >= 15 is 0 Å². The monoisotopic (exact) mass is 513 g/mol. The number of benzene rings is 1. The number of nitrogens with two attached hydrogens (primary N) is 2. The molecule has 0 radical (unpaired) electrons. The van der Waals surface area contributed by atoms with Gasteiger partial charge in [-0.15, -0.1) is 13.2 Å². The van der Waals surface area contributed by atoms with Crippen molar-refractivity contribution in [2.45, 2.75) is 51.7 Å². The zero-order chi connectivity index (χ0) is 25.9. The highest BCUT2D eigenvalue weighted by molar-refractivity contribution is 6.32. The van der Waals surface area contributed by atoms with Gasteiger partial charge in [0.1, 0.15) is 11.6 Å². The quantitative estimate of drug-likeness (QED) is 0.498. The molecule has 2 amide bonds. The van der Waals surface area contributed by atoms with Crippen molar-refractivity contribution >= 4 is 29.2 Å². The van der Waals surface area contributed by atoms with Gasteiger partial charge in [0.05, 0.1) is 17.1 Å². The second kappa shape index (κ2) is 10.7. The molecule has 12 heteroatoms. The number of carbonyl (C=O) groups excluding carboxylic acids is 2. The first kappa shape index (κ1) is 26.6. The maximum absolute atomic E-state index is 12.8. The minimum Gasteiger partial charge on any atom is -0.404 e. The molecule has 3 atom stereocenters. The molecule has 2 heterocycles. The summed E-state index contributed by atoms with van der Waals surface area (Å²) in [7, 11) is 0. The Morgan fingerprint density at radius 1 is 1.31 bits per heavy atom. The highest BCUT2D eigenvalue weighted by Gasteiger charge is 2.40. The van der Waals surface area contributed by atoms with Crippen LogP contribution in [0.2, 0.25) is 5.02 Å². The van der Waals surface area contributed by atoms with Crippen LogP contribution in [0.1, 0.15) is 30.2 Å². The fourth-order valence-corrected chi connectivity index (χ4v) is 4.54. The molecular formula is C23H27ClF3N5O3. The molecule has 5 N–H and O–H groups in total. The lowest BCUT2D eigenvalue weighted by molar-refractivity contribution is -0.274. The number of carbonyl (C=O) groups is 2. The van der Waals surface area contributed by atoms with Gasteiger partial charge in [-0.05, 0) is 61.9 Å². The summed E-state index contributed by atoms with van der Waals surface area (Å²) < 4.78 is 41.3. The van der Waals surface area contributed by atoms with Crippen LogP contribution in [0.5, 0.6) is 5.75 Å². The number of pyridine rings is 1. The minimum atomic E-state index is -4.84. The zero-order valence-corrected chi connectivity index (χ0v) is 20.0. The third-order valence-corrected chi connectivity index (χ3v) is 6.34. The average Bonchev–Trinajstić information content (AvgIpc) is 3.17. The number of nitrogens with zero attached hydrogens (tertiary/aromatic N) is 2. The van der Waals surface area contributed by atoms with Gasteiger partial charge in [0.15, 0.2) is 0 Å². The van der Waals surface area contributed by atoms with Gasteiger partial charge in [0, 0.05) is 18.8 Å². The van der Waals surface area contributed by atoms with Crippen LogP contribution in [0.15, 0.2) is 30.3 Å². The van der Waals surface area contributed by atoms with Crippen molar-refractivity contribution in [3.63, 3.8) is 0 Å². The van der Waals surface area contributed by atoms with Crippen LogP contribution < -0.4 is 21.5 Å². The number of aryl methyl sites for hydroxylation is 1. The highest BCUT2D eigenvalue weighted by Crippen LogP contribution is 2.33. The molecule has 2 unspecified atom stereocenters. The number of hydrogen-bond donors (Lipinski definition) is 3. The number of alkyl halides is 3. The Hall–Kier alpha value is -3.05. The van der Waals surface area contributed by atoms with Crippen LogP contribution in [-0.4, -0.2) is 46.7 Å². The summed E-state index contributed by atoms with van der Waals surface area (Å²) in [6.45, 7) is 4.15. The maximum atomic E-state index is 12.8. The SMILES string of the molecule is Cc1nc(N)ccc1CNC(=O)[C@H](C)N1CC(Cc2ccc(OC(F)(F)F)c(Cl)c2)CC1C(N)=O. The second-order valence-electron chi connectivity index (χ2n) is 8.61. The molecular weight excluding hydrogens is 487 g/mol.